The fourth-order valence-electron chi connectivity index (χ4n) is 4.16. The summed E-state index contributed by atoms with van der Waals surface area (Å²) in [5.41, 5.74) is 2.23. The third-order valence-electron chi connectivity index (χ3n) is 5.60. The van der Waals surface area contributed by atoms with Crippen molar-refractivity contribution in [3.8, 4) is 11.4 Å². The molecule has 5 nitrogen and oxygen atoms in total. The Bertz CT molecular complexity index is 860. The van der Waals surface area contributed by atoms with Crippen LogP contribution >= 0.6 is 0 Å². The van der Waals surface area contributed by atoms with Crippen LogP contribution in [-0.4, -0.2) is 27.3 Å². The first-order valence-corrected chi connectivity index (χ1v) is 9.89. The molecule has 2 atom stereocenters. The van der Waals surface area contributed by atoms with E-state index in [0.717, 1.165) is 24.4 Å². The van der Waals surface area contributed by atoms with Gasteiger partial charge < -0.3 is 14.4 Å². The van der Waals surface area contributed by atoms with Crippen LogP contribution in [0.25, 0.3) is 22.3 Å². The molecule has 1 aliphatic heterocycles. The molecule has 1 saturated heterocycles. The first-order chi connectivity index (χ1) is 12.8. The van der Waals surface area contributed by atoms with Crippen molar-refractivity contribution in [1.29, 1.82) is 0 Å². The summed E-state index contributed by atoms with van der Waals surface area (Å²) in [5, 5.41) is 9.19. The Morgan fingerprint density at radius 3 is 3.00 bits per heavy atom. The van der Waals surface area contributed by atoms with Gasteiger partial charge in [0.15, 0.2) is 0 Å². The third-order valence-corrected chi connectivity index (χ3v) is 5.60. The van der Waals surface area contributed by atoms with Gasteiger partial charge in [-0.05, 0) is 31.9 Å². The highest BCUT2D eigenvalue weighted by Crippen LogP contribution is 2.32. The van der Waals surface area contributed by atoms with Gasteiger partial charge in [-0.1, -0.05) is 49.5 Å². The molecule has 138 valence electrons. The van der Waals surface area contributed by atoms with Crippen molar-refractivity contribution in [1.82, 2.24) is 20.0 Å². The second-order valence-electron chi connectivity index (χ2n) is 7.43. The minimum Gasteiger partial charge on any atom is -0.350 e. The van der Waals surface area contributed by atoms with E-state index in [-0.39, 0.29) is 0 Å². The monoisotopic (exact) mass is 352 g/mol. The summed E-state index contributed by atoms with van der Waals surface area (Å²) >= 11 is 0. The minimum atomic E-state index is 0.312. The van der Waals surface area contributed by atoms with Crippen molar-refractivity contribution in [2.75, 3.05) is 6.54 Å². The number of nitrogens with zero attached hydrogens (tertiary/aromatic N) is 3. The Morgan fingerprint density at radius 1 is 1.31 bits per heavy atom. The lowest BCUT2D eigenvalue weighted by Crippen LogP contribution is -2.39. The molecule has 0 spiro atoms. The lowest BCUT2D eigenvalue weighted by atomic mass is 9.88. The van der Waals surface area contributed by atoms with Gasteiger partial charge in [-0.25, -0.2) is 0 Å². The van der Waals surface area contributed by atoms with Crippen molar-refractivity contribution in [3.05, 3.63) is 36.4 Å². The van der Waals surface area contributed by atoms with Crippen LogP contribution < -0.4 is 5.32 Å². The van der Waals surface area contributed by atoms with Gasteiger partial charge in [0.25, 0.3) is 0 Å². The maximum atomic E-state index is 5.78. The molecular formula is C21H28N4O. The normalized spacial score (nSPS) is 19.1. The molecule has 0 bridgehead atoms. The number of para-hydroxylation sites is 1. The number of hydrogen-bond acceptors (Lipinski definition) is 4. The van der Waals surface area contributed by atoms with Crippen molar-refractivity contribution >= 4 is 10.9 Å². The average Bonchev–Trinajstić information content (AvgIpc) is 3.29. The van der Waals surface area contributed by atoms with E-state index in [1.54, 1.807) is 0 Å². The Morgan fingerprint density at radius 2 is 2.19 bits per heavy atom. The summed E-state index contributed by atoms with van der Waals surface area (Å²) in [6, 6.07) is 8.82. The molecule has 2 unspecified atom stereocenters. The van der Waals surface area contributed by atoms with Crippen LogP contribution in [0.1, 0.15) is 57.3 Å². The molecule has 3 heterocycles. The number of piperidine rings is 1. The Kier molecular flexibility index (Phi) is 5.07. The number of unbranched alkanes of at least 4 members (excludes halogenated alkanes) is 1. The van der Waals surface area contributed by atoms with Gasteiger partial charge in [-0.3, -0.25) is 0 Å². The molecule has 3 aromatic rings. The van der Waals surface area contributed by atoms with Gasteiger partial charge in [0.1, 0.15) is 0 Å². The van der Waals surface area contributed by atoms with Crippen LogP contribution in [-0.2, 0) is 7.05 Å². The Labute approximate surface area is 154 Å². The van der Waals surface area contributed by atoms with E-state index in [1.165, 1.54) is 43.0 Å². The van der Waals surface area contributed by atoms with E-state index < -0.39 is 0 Å². The number of aromatic nitrogens is 3. The highest BCUT2D eigenvalue weighted by atomic mass is 16.5. The number of rotatable bonds is 6. The summed E-state index contributed by atoms with van der Waals surface area (Å²) in [4.78, 5) is 4.84. The largest absolute Gasteiger partial charge is 0.350 e. The summed E-state index contributed by atoms with van der Waals surface area (Å²) < 4.78 is 7.90. The SMILES string of the molecule is CCCCC(c1nc(-c2cn(C)c3ccccc23)no1)C1CCCCN1. The first kappa shape index (κ1) is 17.3. The van der Waals surface area contributed by atoms with E-state index in [9.17, 15) is 0 Å². The van der Waals surface area contributed by atoms with Crippen LogP contribution in [0.2, 0.25) is 0 Å². The molecular weight excluding hydrogens is 324 g/mol. The number of nitrogens with one attached hydrogen (secondary N) is 1. The van der Waals surface area contributed by atoms with Gasteiger partial charge in [0.2, 0.25) is 11.7 Å². The zero-order valence-corrected chi connectivity index (χ0v) is 15.7. The van der Waals surface area contributed by atoms with Gasteiger partial charge in [0.05, 0.1) is 5.92 Å². The van der Waals surface area contributed by atoms with Crippen molar-refractivity contribution < 1.29 is 4.52 Å². The molecule has 2 aromatic heterocycles. The molecule has 0 aliphatic carbocycles. The minimum absolute atomic E-state index is 0.312. The van der Waals surface area contributed by atoms with E-state index in [0.29, 0.717) is 17.8 Å². The number of hydrogen-bond donors (Lipinski definition) is 1. The molecule has 1 N–H and O–H groups in total. The molecule has 4 rings (SSSR count). The van der Waals surface area contributed by atoms with Crippen molar-refractivity contribution in [3.63, 3.8) is 0 Å². The molecule has 0 amide bonds. The van der Waals surface area contributed by atoms with Gasteiger partial charge >= 0.3 is 0 Å². The van der Waals surface area contributed by atoms with Crippen LogP contribution in [0.5, 0.6) is 0 Å². The maximum Gasteiger partial charge on any atom is 0.231 e. The van der Waals surface area contributed by atoms with Crippen LogP contribution in [0.15, 0.2) is 35.0 Å². The topological polar surface area (TPSA) is 55.9 Å². The van der Waals surface area contributed by atoms with Crippen molar-refractivity contribution in [2.45, 2.75) is 57.4 Å². The van der Waals surface area contributed by atoms with E-state index >= 15 is 0 Å². The van der Waals surface area contributed by atoms with Crippen LogP contribution in [0.4, 0.5) is 0 Å². The summed E-state index contributed by atoms with van der Waals surface area (Å²) in [6.45, 7) is 3.33. The van der Waals surface area contributed by atoms with Gasteiger partial charge in [0, 0.05) is 35.8 Å². The molecule has 26 heavy (non-hydrogen) atoms. The highest BCUT2D eigenvalue weighted by Gasteiger charge is 2.29. The van der Waals surface area contributed by atoms with Crippen molar-refractivity contribution in [2.24, 2.45) is 7.05 Å². The van der Waals surface area contributed by atoms with E-state index in [1.807, 2.05) is 0 Å². The lowest BCUT2D eigenvalue weighted by molar-refractivity contribution is 0.272. The standard InChI is InChI=1S/C21H28N4O/c1-3-4-9-16(18-11-7-8-13-22-18)21-23-20(24-26-21)17-14-25(2)19-12-6-5-10-15(17)19/h5-6,10,12,14,16,18,22H,3-4,7-9,11,13H2,1-2H3. The molecule has 1 aromatic carbocycles. The second kappa shape index (κ2) is 7.62. The van der Waals surface area contributed by atoms with Crippen LogP contribution in [0.3, 0.4) is 0 Å². The predicted octanol–water partition coefficient (Wildman–Crippen LogP) is 4.64. The fourth-order valence-corrected chi connectivity index (χ4v) is 4.16. The first-order valence-electron chi connectivity index (χ1n) is 9.89. The maximum absolute atomic E-state index is 5.78. The predicted molar refractivity (Wildman–Crippen MR) is 104 cm³/mol. The number of fused-ring (bicyclic) bond motifs is 1. The third kappa shape index (κ3) is 3.28. The summed E-state index contributed by atoms with van der Waals surface area (Å²) in [6.07, 6.45) is 9.32. The quantitative estimate of drug-likeness (QED) is 0.702. The average molecular weight is 352 g/mol. The second-order valence-corrected chi connectivity index (χ2v) is 7.43. The Hall–Kier alpha value is -2.14. The Balaban J connectivity index is 1.66. The van der Waals surface area contributed by atoms with Gasteiger partial charge in [-0.15, -0.1) is 0 Å². The summed E-state index contributed by atoms with van der Waals surface area (Å²) in [5.74, 6) is 1.81. The number of benzene rings is 1. The van der Waals surface area contributed by atoms with Crippen LogP contribution in [0, 0.1) is 0 Å². The molecule has 5 heteroatoms. The zero-order chi connectivity index (χ0) is 17.9. The highest BCUT2D eigenvalue weighted by molar-refractivity contribution is 5.94. The fraction of sp³-hybridized carbons (Fsp3) is 0.524. The van der Waals surface area contributed by atoms with E-state index in [4.69, 9.17) is 9.51 Å². The number of aryl methyl sites for hydroxylation is 1. The molecule has 1 fully saturated rings. The zero-order valence-electron chi connectivity index (χ0n) is 15.7. The molecule has 0 saturated carbocycles. The smallest absolute Gasteiger partial charge is 0.231 e. The molecule has 1 aliphatic rings. The summed E-state index contributed by atoms with van der Waals surface area (Å²) in [7, 11) is 2.06. The molecule has 0 radical (unpaired) electrons. The van der Waals surface area contributed by atoms with Gasteiger partial charge in [-0.2, -0.15) is 4.98 Å². The van der Waals surface area contributed by atoms with E-state index in [2.05, 4.69) is 59.5 Å². The lowest BCUT2D eigenvalue weighted by Gasteiger charge is -2.29.